The Hall–Kier alpha value is -11.0. The van der Waals surface area contributed by atoms with Crippen LogP contribution >= 0.6 is 0 Å². The molecule has 15 aromatic rings. The van der Waals surface area contributed by atoms with Gasteiger partial charge in [-0.15, -0.1) is 0 Å². The minimum absolute atomic E-state index is 0.606. The van der Waals surface area contributed by atoms with Crippen molar-refractivity contribution in [2.75, 3.05) is 14.7 Å². The van der Waals surface area contributed by atoms with E-state index in [4.69, 9.17) is 9.40 Å². The first-order valence-electron chi connectivity index (χ1n) is 27.4. The topological polar surface area (TPSA) is 40.7 Å². The van der Waals surface area contributed by atoms with Gasteiger partial charge in [0.25, 0.3) is 0 Å². The normalized spacial score (nSPS) is 11.5. The summed E-state index contributed by atoms with van der Waals surface area (Å²) in [5.74, 6) is 0.606. The lowest BCUT2D eigenvalue weighted by molar-refractivity contribution is 0.623. The molecule has 13 aromatic carbocycles. The molecule has 6 nitrogen and oxygen atoms in total. The summed E-state index contributed by atoms with van der Waals surface area (Å²) in [4.78, 5) is 12.1. The zero-order chi connectivity index (χ0) is 53.6. The van der Waals surface area contributed by atoms with Crippen LogP contribution in [0.15, 0.2) is 314 Å². The first-order chi connectivity index (χ1) is 40.2. The van der Waals surface area contributed by atoms with Crippen molar-refractivity contribution in [2.24, 2.45) is 0 Å². The summed E-state index contributed by atoms with van der Waals surface area (Å²) >= 11 is 0. The molecule has 0 unspecified atom stereocenters. The average Bonchev–Trinajstić information content (AvgIpc) is 4.28. The smallest absolute Gasteiger partial charge is 0.227 e. The average molecular weight is 1040 g/mol. The van der Waals surface area contributed by atoms with Crippen LogP contribution in [0.3, 0.4) is 0 Å². The maximum Gasteiger partial charge on any atom is 0.227 e. The molecule has 0 N–H and O–H groups in total. The maximum atomic E-state index is 6.74. The standard InChI is InChI=1S/C75H51N5O/c1-7-21-52(22-8-1)56-25-19-34-61(47-56)79(64-41-39-53-37-38-54-40-44-70-74(73(54)67(53)49-64)81-75(76-70)55-23-9-2-10-24-55)62-35-20-36-63(48-62)80-71-45-42-65(77(57-26-11-3-12-27-57)58-28-13-4-14-29-58)50-68(71)69-51-66(43-46-72(69)80)78(59-30-15-5-16-31-59)60-32-17-6-18-33-60/h1-51H. The molecule has 0 amide bonds. The Balaban J connectivity index is 0.946. The SMILES string of the molecule is c1ccc(-c2cccc(N(c3cccc(-n4c5ccc(N(c6ccccc6)c6ccccc6)cc5c5cc(N(c6ccccc6)c6ccccc6)ccc54)c3)c3ccc4ccc5ccc6nc(-c7ccccc7)oc6c5c4c3)c2)cc1. The third-order valence-electron chi connectivity index (χ3n) is 15.5. The van der Waals surface area contributed by atoms with Crippen LogP contribution in [0, 0.1) is 0 Å². The van der Waals surface area contributed by atoms with Crippen molar-refractivity contribution >= 4 is 106 Å². The van der Waals surface area contributed by atoms with Gasteiger partial charge in [-0.05, 0) is 173 Å². The van der Waals surface area contributed by atoms with Gasteiger partial charge in [0.05, 0.1) is 11.0 Å². The quantitative estimate of drug-likeness (QED) is 0.114. The number of hydrogen-bond donors (Lipinski definition) is 0. The van der Waals surface area contributed by atoms with Gasteiger partial charge in [-0.25, -0.2) is 4.98 Å². The van der Waals surface area contributed by atoms with Crippen LogP contribution in [-0.2, 0) is 0 Å². The van der Waals surface area contributed by atoms with Gasteiger partial charge in [0.1, 0.15) is 5.52 Å². The van der Waals surface area contributed by atoms with E-state index in [1.165, 1.54) is 0 Å². The van der Waals surface area contributed by atoms with E-state index in [1.807, 2.05) is 30.3 Å². The van der Waals surface area contributed by atoms with Crippen molar-refractivity contribution < 1.29 is 4.42 Å². The molecule has 0 saturated carbocycles. The molecule has 2 heterocycles. The number of para-hydroxylation sites is 4. The Kier molecular flexibility index (Phi) is 11.7. The van der Waals surface area contributed by atoms with Crippen LogP contribution in [0.25, 0.3) is 82.7 Å². The first-order valence-corrected chi connectivity index (χ1v) is 27.4. The van der Waals surface area contributed by atoms with E-state index in [2.05, 4.69) is 298 Å². The second kappa shape index (κ2) is 20.1. The highest BCUT2D eigenvalue weighted by atomic mass is 16.3. The molecule has 0 aliphatic carbocycles. The summed E-state index contributed by atoms with van der Waals surface area (Å²) in [6.07, 6.45) is 0. The summed E-state index contributed by atoms with van der Waals surface area (Å²) < 4.78 is 9.17. The second-order valence-corrected chi connectivity index (χ2v) is 20.4. The van der Waals surface area contributed by atoms with E-state index in [0.29, 0.717) is 5.89 Å². The predicted molar refractivity (Wildman–Crippen MR) is 338 cm³/mol. The Morgan fingerprint density at radius 2 is 0.679 bits per heavy atom. The molecule has 0 bridgehead atoms. The zero-order valence-electron chi connectivity index (χ0n) is 44.1. The van der Waals surface area contributed by atoms with Gasteiger partial charge in [0.2, 0.25) is 5.89 Å². The molecular weight excluding hydrogens is 987 g/mol. The molecule has 81 heavy (non-hydrogen) atoms. The molecule has 2 aromatic heterocycles. The molecule has 0 fully saturated rings. The van der Waals surface area contributed by atoms with Crippen molar-refractivity contribution in [3.63, 3.8) is 0 Å². The molecule has 6 heteroatoms. The summed E-state index contributed by atoms with van der Waals surface area (Å²) in [5.41, 5.74) is 17.6. The lowest BCUT2D eigenvalue weighted by Gasteiger charge is -2.27. The fourth-order valence-electron chi connectivity index (χ4n) is 11.8. The van der Waals surface area contributed by atoms with Crippen molar-refractivity contribution in [1.29, 1.82) is 0 Å². The molecule has 0 aliphatic heterocycles. The fourth-order valence-corrected chi connectivity index (χ4v) is 11.8. The Labute approximate surface area is 469 Å². The number of fused-ring (bicyclic) bond motifs is 8. The van der Waals surface area contributed by atoms with Crippen molar-refractivity contribution in [3.8, 4) is 28.3 Å². The maximum absolute atomic E-state index is 6.74. The molecule has 0 saturated heterocycles. The Morgan fingerprint density at radius 1 is 0.284 bits per heavy atom. The summed E-state index contributed by atoms with van der Waals surface area (Å²) in [5, 5.41) is 6.59. The molecule has 0 atom stereocenters. The molecular formula is C75H51N5O. The van der Waals surface area contributed by atoms with Crippen LogP contribution in [0.4, 0.5) is 51.2 Å². The van der Waals surface area contributed by atoms with Crippen LogP contribution < -0.4 is 14.7 Å². The highest BCUT2D eigenvalue weighted by Crippen LogP contribution is 2.46. The highest BCUT2D eigenvalue weighted by Gasteiger charge is 2.23. The molecule has 15 rings (SSSR count). The summed E-state index contributed by atoms with van der Waals surface area (Å²) in [7, 11) is 0. The number of nitrogens with zero attached hydrogens (tertiary/aromatic N) is 5. The number of rotatable bonds is 12. The largest absolute Gasteiger partial charge is 0.435 e. The minimum atomic E-state index is 0.606. The van der Waals surface area contributed by atoms with Gasteiger partial charge in [0, 0.05) is 78.6 Å². The van der Waals surface area contributed by atoms with Crippen LogP contribution in [-0.4, -0.2) is 9.55 Å². The third-order valence-corrected chi connectivity index (χ3v) is 15.5. The van der Waals surface area contributed by atoms with Crippen molar-refractivity contribution in [2.45, 2.75) is 0 Å². The van der Waals surface area contributed by atoms with E-state index < -0.39 is 0 Å². The van der Waals surface area contributed by atoms with Crippen molar-refractivity contribution in [1.82, 2.24) is 9.55 Å². The van der Waals surface area contributed by atoms with Crippen LogP contribution in [0.5, 0.6) is 0 Å². The van der Waals surface area contributed by atoms with Gasteiger partial charge >= 0.3 is 0 Å². The van der Waals surface area contributed by atoms with Gasteiger partial charge in [-0.3, -0.25) is 0 Å². The summed E-state index contributed by atoms with van der Waals surface area (Å²) in [6, 6.07) is 110. The monoisotopic (exact) mass is 1040 g/mol. The zero-order valence-corrected chi connectivity index (χ0v) is 44.1. The molecule has 0 spiro atoms. The molecule has 0 aliphatic rings. The van der Waals surface area contributed by atoms with Gasteiger partial charge in [0.15, 0.2) is 5.58 Å². The Morgan fingerprint density at radius 3 is 1.23 bits per heavy atom. The summed E-state index contributed by atoms with van der Waals surface area (Å²) in [6.45, 7) is 0. The minimum Gasteiger partial charge on any atom is -0.435 e. The Bertz CT molecular complexity index is 4540. The predicted octanol–water partition coefficient (Wildman–Crippen LogP) is 21.0. The van der Waals surface area contributed by atoms with Gasteiger partial charge in [-0.1, -0.05) is 164 Å². The van der Waals surface area contributed by atoms with Crippen molar-refractivity contribution in [3.05, 3.63) is 309 Å². The highest BCUT2D eigenvalue weighted by molar-refractivity contribution is 6.19. The lowest BCUT2D eigenvalue weighted by Crippen LogP contribution is -2.11. The number of oxazole rings is 1. The second-order valence-electron chi connectivity index (χ2n) is 20.4. The molecule has 0 radical (unpaired) electrons. The first kappa shape index (κ1) is 47.3. The molecule has 382 valence electrons. The van der Waals surface area contributed by atoms with E-state index >= 15 is 0 Å². The number of hydrogen-bond acceptors (Lipinski definition) is 5. The van der Waals surface area contributed by atoms with Gasteiger partial charge < -0.3 is 23.7 Å². The van der Waals surface area contributed by atoms with E-state index in [-0.39, 0.29) is 0 Å². The number of anilines is 9. The third kappa shape index (κ3) is 8.59. The van der Waals surface area contributed by atoms with Gasteiger partial charge in [-0.2, -0.15) is 0 Å². The van der Waals surface area contributed by atoms with Crippen LogP contribution in [0.2, 0.25) is 0 Å². The van der Waals surface area contributed by atoms with Crippen LogP contribution in [0.1, 0.15) is 0 Å². The lowest BCUT2D eigenvalue weighted by atomic mass is 9.99. The van der Waals surface area contributed by atoms with E-state index in [1.54, 1.807) is 0 Å². The number of benzene rings is 13. The van der Waals surface area contributed by atoms with E-state index in [0.717, 1.165) is 128 Å². The number of aromatic nitrogens is 2. The van der Waals surface area contributed by atoms with E-state index in [9.17, 15) is 0 Å². The fraction of sp³-hybridized carbons (Fsp3) is 0.